The Morgan fingerprint density at radius 3 is 2.81 bits per heavy atom. The molecule has 1 fully saturated rings. The number of thioether (sulfide) groups is 1. The summed E-state index contributed by atoms with van der Waals surface area (Å²) in [6, 6.07) is 12.3. The number of fused-ring (bicyclic) bond motifs is 1. The normalized spacial score (nSPS) is 18.8. The highest BCUT2D eigenvalue weighted by atomic mass is 32.2. The van der Waals surface area contributed by atoms with Gasteiger partial charge in [-0.1, -0.05) is 12.1 Å². The lowest BCUT2D eigenvalue weighted by atomic mass is 9.95. The van der Waals surface area contributed by atoms with Crippen molar-refractivity contribution in [3.05, 3.63) is 42.6 Å². The fraction of sp³-hybridized carbons (Fsp3) is 0.400. The summed E-state index contributed by atoms with van der Waals surface area (Å²) in [6.07, 6.45) is 6.50. The van der Waals surface area contributed by atoms with Crippen LogP contribution in [0.25, 0.3) is 16.9 Å². The molecule has 26 heavy (non-hydrogen) atoms. The van der Waals surface area contributed by atoms with E-state index in [1.165, 1.54) is 17.7 Å². The predicted octanol–water partition coefficient (Wildman–Crippen LogP) is 3.89. The highest BCUT2D eigenvalue weighted by molar-refractivity contribution is 7.98. The molecule has 6 heteroatoms. The van der Waals surface area contributed by atoms with Gasteiger partial charge in [0.1, 0.15) is 6.10 Å². The number of nitrogens with zero attached hydrogens (tertiary/aromatic N) is 3. The average Bonchev–Trinajstić information content (AvgIpc) is 3.12. The van der Waals surface area contributed by atoms with Gasteiger partial charge in [0.05, 0.1) is 11.9 Å². The number of hydrogen-bond acceptors (Lipinski definition) is 5. The van der Waals surface area contributed by atoms with Crippen molar-refractivity contribution in [1.82, 2.24) is 19.9 Å². The smallest absolute Gasteiger partial charge is 0.232 e. The van der Waals surface area contributed by atoms with Gasteiger partial charge in [0.15, 0.2) is 5.65 Å². The van der Waals surface area contributed by atoms with E-state index in [0.29, 0.717) is 11.8 Å². The Balaban J connectivity index is 1.59. The van der Waals surface area contributed by atoms with E-state index < -0.39 is 0 Å². The van der Waals surface area contributed by atoms with Crippen molar-refractivity contribution in [3.63, 3.8) is 0 Å². The van der Waals surface area contributed by atoms with E-state index in [9.17, 15) is 0 Å². The highest BCUT2D eigenvalue weighted by Crippen LogP contribution is 2.25. The van der Waals surface area contributed by atoms with Crippen molar-refractivity contribution in [3.8, 4) is 17.1 Å². The van der Waals surface area contributed by atoms with Crippen molar-refractivity contribution in [2.45, 2.75) is 30.8 Å². The summed E-state index contributed by atoms with van der Waals surface area (Å²) in [7, 11) is 0. The predicted molar refractivity (Wildman–Crippen MR) is 106 cm³/mol. The molecular formula is C20H24N4OS. The molecule has 0 bridgehead atoms. The van der Waals surface area contributed by atoms with Crippen LogP contribution in [0.5, 0.6) is 5.88 Å². The number of imidazole rings is 1. The standard InChI is InChI=1S/C20H24N4OS/c1-14(16-4-3-11-21-12-16)25-20-10-9-19-22-13-18(24(19)23-20)15-5-7-17(26-2)8-6-15/h5-10,13-14,16,21H,3-4,11-12H2,1-2H3. The quantitative estimate of drug-likeness (QED) is 0.693. The van der Waals surface area contributed by atoms with Crippen molar-refractivity contribution in [1.29, 1.82) is 0 Å². The van der Waals surface area contributed by atoms with Crippen LogP contribution in [0.2, 0.25) is 0 Å². The molecule has 3 aromatic rings. The molecule has 0 amide bonds. The van der Waals surface area contributed by atoms with Gasteiger partial charge in [-0.15, -0.1) is 16.9 Å². The molecule has 0 saturated carbocycles. The molecule has 5 nitrogen and oxygen atoms in total. The third-order valence-electron chi connectivity index (χ3n) is 5.03. The molecule has 2 atom stereocenters. The van der Waals surface area contributed by atoms with Gasteiger partial charge >= 0.3 is 0 Å². The summed E-state index contributed by atoms with van der Waals surface area (Å²) in [5.74, 6) is 1.18. The first-order valence-corrected chi connectivity index (χ1v) is 10.3. The Bertz CT molecular complexity index is 871. The molecule has 0 aliphatic carbocycles. The number of rotatable bonds is 5. The number of nitrogens with one attached hydrogen (secondary N) is 1. The van der Waals surface area contributed by atoms with Crippen LogP contribution in [0.4, 0.5) is 0 Å². The molecule has 4 rings (SSSR count). The zero-order valence-corrected chi connectivity index (χ0v) is 16.0. The SMILES string of the molecule is CSc1ccc(-c2cnc3ccc(OC(C)C4CCCNC4)nn23)cc1. The molecule has 3 heterocycles. The minimum absolute atomic E-state index is 0.139. The van der Waals surface area contributed by atoms with Gasteiger partial charge in [0.25, 0.3) is 0 Å². The fourth-order valence-electron chi connectivity index (χ4n) is 3.44. The third kappa shape index (κ3) is 3.57. The summed E-state index contributed by atoms with van der Waals surface area (Å²) >= 11 is 1.74. The number of piperidine rings is 1. The lowest BCUT2D eigenvalue weighted by Gasteiger charge is -2.28. The Labute approximate surface area is 158 Å². The molecule has 1 aliphatic rings. The summed E-state index contributed by atoms with van der Waals surface area (Å²) in [4.78, 5) is 5.72. The van der Waals surface area contributed by atoms with Crippen molar-refractivity contribution < 1.29 is 4.74 Å². The first-order chi connectivity index (χ1) is 12.7. The minimum atomic E-state index is 0.139. The van der Waals surface area contributed by atoms with Gasteiger partial charge in [-0.25, -0.2) is 9.50 Å². The largest absolute Gasteiger partial charge is 0.473 e. The average molecular weight is 369 g/mol. The van der Waals surface area contributed by atoms with Crippen molar-refractivity contribution in [2.24, 2.45) is 5.92 Å². The fourth-order valence-corrected chi connectivity index (χ4v) is 3.85. The zero-order valence-electron chi connectivity index (χ0n) is 15.2. The number of hydrogen-bond donors (Lipinski definition) is 1. The van der Waals surface area contributed by atoms with E-state index in [0.717, 1.165) is 30.0 Å². The highest BCUT2D eigenvalue weighted by Gasteiger charge is 2.22. The molecule has 1 N–H and O–H groups in total. The van der Waals surface area contributed by atoms with Crippen LogP contribution >= 0.6 is 11.8 Å². The lowest BCUT2D eigenvalue weighted by molar-refractivity contribution is 0.124. The van der Waals surface area contributed by atoms with E-state index in [4.69, 9.17) is 9.84 Å². The molecule has 1 aliphatic heterocycles. The van der Waals surface area contributed by atoms with Gasteiger partial charge in [0.2, 0.25) is 5.88 Å². The van der Waals surface area contributed by atoms with Crippen LogP contribution in [0.3, 0.4) is 0 Å². The Morgan fingerprint density at radius 2 is 2.08 bits per heavy atom. The van der Waals surface area contributed by atoms with Crippen LogP contribution in [-0.4, -0.2) is 40.0 Å². The molecular weight excluding hydrogens is 344 g/mol. The van der Waals surface area contributed by atoms with Gasteiger partial charge in [-0.05, 0) is 50.8 Å². The van der Waals surface area contributed by atoms with Crippen LogP contribution in [0.1, 0.15) is 19.8 Å². The second-order valence-electron chi connectivity index (χ2n) is 6.74. The van der Waals surface area contributed by atoms with Crippen LogP contribution < -0.4 is 10.1 Å². The zero-order chi connectivity index (χ0) is 17.9. The van der Waals surface area contributed by atoms with E-state index in [-0.39, 0.29) is 6.10 Å². The minimum Gasteiger partial charge on any atom is -0.473 e. The molecule has 2 aromatic heterocycles. The summed E-state index contributed by atoms with van der Waals surface area (Å²) in [6.45, 7) is 4.27. The second-order valence-corrected chi connectivity index (χ2v) is 7.62. The lowest BCUT2D eigenvalue weighted by Crippen LogP contribution is -2.38. The monoisotopic (exact) mass is 368 g/mol. The molecule has 2 unspecified atom stereocenters. The first kappa shape index (κ1) is 17.4. The second kappa shape index (κ2) is 7.68. The van der Waals surface area contributed by atoms with Crippen molar-refractivity contribution in [2.75, 3.05) is 19.3 Å². The topological polar surface area (TPSA) is 51.5 Å². The van der Waals surface area contributed by atoms with E-state index in [2.05, 4.69) is 47.7 Å². The van der Waals surface area contributed by atoms with Crippen LogP contribution in [0, 0.1) is 5.92 Å². The Kier molecular flexibility index (Phi) is 5.13. The number of benzene rings is 1. The molecule has 0 radical (unpaired) electrons. The van der Waals surface area contributed by atoms with E-state index in [1.807, 2.05) is 22.8 Å². The van der Waals surface area contributed by atoms with Gasteiger partial charge in [0, 0.05) is 29.0 Å². The van der Waals surface area contributed by atoms with Gasteiger partial charge < -0.3 is 10.1 Å². The maximum absolute atomic E-state index is 6.16. The van der Waals surface area contributed by atoms with Gasteiger partial charge in [-0.2, -0.15) is 0 Å². The third-order valence-corrected chi connectivity index (χ3v) is 5.77. The Morgan fingerprint density at radius 1 is 1.23 bits per heavy atom. The molecule has 1 saturated heterocycles. The number of ether oxygens (including phenoxy) is 1. The maximum atomic E-state index is 6.16. The summed E-state index contributed by atoms with van der Waals surface area (Å²) in [5.41, 5.74) is 2.91. The molecule has 136 valence electrons. The van der Waals surface area contributed by atoms with E-state index >= 15 is 0 Å². The summed E-state index contributed by atoms with van der Waals surface area (Å²) < 4.78 is 8.03. The van der Waals surface area contributed by atoms with Crippen molar-refractivity contribution >= 4 is 17.4 Å². The van der Waals surface area contributed by atoms with Gasteiger partial charge in [-0.3, -0.25) is 0 Å². The Hall–Kier alpha value is -2.05. The van der Waals surface area contributed by atoms with E-state index in [1.54, 1.807) is 11.8 Å². The summed E-state index contributed by atoms with van der Waals surface area (Å²) in [5, 5.41) is 8.14. The van der Waals surface area contributed by atoms with Crippen LogP contribution in [-0.2, 0) is 0 Å². The molecule has 1 aromatic carbocycles. The maximum Gasteiger partial charge on any atom is 0.232 e. The molecule has 0 spiro atoms. The van der Waals surface area contributed by atoms with Crippen LogP contribution in [0.15, 0.2) is 47.5 Å². The first-order valence-electron chi connectivity index (χ1n) is 9.11. The number of aromatic nitrogens is 3.